The maximum absolute atomic E-state index is 12.4. The minimum atomic E-state index is -1.05. The number of nitrogens with one attached hydrogen (secondary N) is 2. The van der Waals surface area contributed by atoms with Crippen LogP contribution >= 0.6 is 0 Å². The lowest BCUT2D eigenvalue weighted by molar-refractivity contribution is -0.140. The molecule has 0 aliphatic rings. The number of nitrogens with zero attached hydrogens (tertiary/aromatic N) is 4. The first-order valence-electron chi connectivity index (χ1n) is 8.91. The monoisotopic (exact) mass is 396 g/mol. The Balaban J connectivity index is 1.67. The number of hydrogen-bond acceptors (Lipinski definition) is 5. The number of carbonyl (C=O) groups excluding carboxylic acids is 2. The van der Waals surface area contributed by atoms with Gasteiger partial charge in [-0.05, 0) is 44.2 Å². The zero-order valence-corrected chi connectivity index (χ0v) is 15.9. The average molecular weight is 396 g/mol. The van der Waals surface area contributed by atoms with E-state index < -0.39 is 17.9 Å². The normalized spacial score (nSPS) is 11.7. The number of aromatic nitrogens is 4. The quantitative estimate of drug-likeness (QED) is 0.561. The Labute approximate surface area is 166 Å². The third-order valence-corrected chi connectivity index (χ3v) is 4.17. The van der Waals surface area contributed by atoms with Crippen LogP contribution in [0.1, 0.15) is 40.9 Å². The molecular weight excluding hydrogens is 376 g/mol. The van der Waals surface area contributed by atoms with Crippen molar-refractivity contribution in [1.82, 2.24) is 19.6 Å². The van der Waals surface area contributed by atoms with Crippen LogP contribution in [0, 0.1) is 0 Å². The highest BCUT2D eigenvalue weighted by molar-refractivity contribution is 6.05. The first-order valence-corrected chi connectivity index (χ1v) is 8.91. The van der Waals surface area contributed by atoms with E-state index in [-0.39, 0.29) is 11.6 Å². The molecule has 2 heterocycles. The molecule has 0 aliphatic heterocycles. The third-order valence-electron chi connectivity index (χ3n) is 4.17. The Morgan fingerprint density at radius 3 is 2.14 bits per heavy atom. The summed E-state index contributed by atoms with van der Waals surface area (Å²) in [6.45, 7) is 4.05. The Hall–Kier alpha value is -3.95. The smallest absolute Gasteiger partial charge is 0.328 e. The van der Waals surface area contributed by atoms with E-state index in [9.17, 15) is 14.4 Å². The van der Waals surface area contributed by atoms with Crippen molar-refractivity contribution in [3.05, 3.63) is 60.2 Å². The highest BCUT2D eigenvalue weighted by Gasteiger charge is 2.17. The molecule has 0 fully saturated rings. The number of benzene rings is 1. The molecule has 3 aromatic rings. The third kappa shape index (κ3) is 4.67. The van der Waals surface area contributed by atoms with Gasteiger partial charge in [0.05, 0.1) is 0 Å². The highest BCUT2D eigenvalue weighted by Crippen LogP contribution is 2.17. The van der Waals surface area contributed by atoms with E-state index in [0.29, 0.717) is 23.6 Å². The molecule has 3 N–H and O–H groups in total. The number of rotatable bonds is 7. The molecule has 0 radical (unpaired) electrons. The highest BCUT2D eigenvalue weighted by atomic mass is 16.4. The van der Waals surface area contributed by atoms with Crippen LogP contribution in [0.2, 0.25) is 0 Å². The predicted molar refractivity (Wildman–Crippen MR) is 105 cm³/mol. The summed E-state index contributed by atoms with van der Waals surface area (Å²) in [5, 5.41) is 22.6. The number of amides is 2. The van der Waals surface area contributed by atoms with Crippen LogP contribution < -0.4 is 10.6 Å². The number of carboxylic acids is 1. The minimum Gasteiger partial charge on any atom is -0.480 e. The second kappa shape index (κ2) is 8.38. The van der Waals surface area contributed by atoms with Crippen LogP contribution in [0.5, 0.6) is 0 Å². The molecule has 10 heteroatoms. The van der Waals surface area contributed by atoms with Crippen molar-refractivity contribution >= 4 is 29.2 Å². The van der Waals surface area contributed by atoms with E-state index in [4.69, 9.17) is 5.11 Å². The lowest BCUT2D eigenvalue weighted by atomic mass is 10.2. The lowest BCUT2D eigenvalue weighted by Gasteiger charge is -2.08. The molecule has 29 heavy (non-hydrogen) atoms. The van der Waals surface area contributed by atoms with Gasteiger partial charge < -0.3 is 15.7 Å². The molecule has 0 saturated carbocycles. The largest absolute Gasteiger partial charge is 0.480 e. The molecular formula is C19H20N6O4. The van der Waals surface area contributed by atoms with Gasteiger partial charge >= 0.3 is 5.97 Å². The van der Waals surface area contributed by atoms with Gasteiger partial charge in [0.15, 0.2) is 11.4 Å². The minimum absolute atomic E-state index is 0.0812. The van der Waals surface area contributed by atoms with Gasteiger partial charge in [-0.1, -0.05) is 6.07 Å². The van der Waals surface area contributed by atoms with Crippen LogP contribution in [0.15, 0.2) is 48.8 Å². The maximum atomic E-state index is 12.4. The summed E-state index contributed by atoms with van der Waals surface area (Å²) in [5.74, 6) is -1.90. The summed E-state index contributed by atoms with van der Waals surface area (Å²) in [6, 6.07) is 8.81. The van der Waals surface area contributed by atoms with Gasteiger partial charge in [0.25, 0.3) is 11.8 Å². The van der Waals surface area contributed by atoms with Crippen molar-refractivity contribution in [3.63, 3.8) is 0 Å². The van der Waals surface area contributed by atoms with Crippen molar-refractivity contribution in [3.8, 4) is 0 Å². The summed E-state index contributed by atoms with van der Waals surface area (Å²) in [4.78, 5) is 35.7. The van der Waals surface area contributed by atoms with Gasteiger partial charge in [-0.2, -0.15) is 10.2 Å². The van der Waals surface area contributed by atoms with Gasteiger partial charge in [-0.3, -0.25) is 19.0 Å². The number of hydrogen-bond donors (Lipinski definition) is 3. The van der Waals surface area contributed by atoms with Gasteiger partial charge in [-0.25, -0.2) is 4.79 Å². The second-order valence-electron chi connectivity index (χ2n) is 6.24. The molecule has 1 unspecified atom stereocenters. The lowest BCUT2D eigenvalue weighted by Crippen LogP contribution is -2.18. The van der Waals surface area contributed by atoms with Crippen molar-refractivity contribution < 1.29 is 19.5 Å². The van der Waals surface area contributed by atoms with Crippen LogP contribution in [-0.4, -0.2) is 42.5 Å². The molecule has 3 rings (SSSR count). The average Bonchev–Trinajstić information content (AvgIpc) is 3.37. The summed E-state index contributed by atoms with van der Waals surface area (Å²) in [5.41, 5.74) is 1.31. The van der Waals surface area contributed by atoms with Crippen LogP contribution in [0.25, 0.3) is 0 Å². The Kier molecular flexibility index (Phi) is 5.72. The molecule has 0 bridgehead atoms. The fraction of sp³-hybridized carbons (Fsp3) is 0.211. The van der Waals surface area contributed by atoms with Crippen molar-refractivity contribution in [1.29, 1.82) is 0 Å². The van der Waals surface area contributed by atoms with Gasteiger partial charge in [-0.15, -0.1) is 0 Å². The predicted octanol–water partition coefficient (Wildman–Crippen LogP) is 2.25. The Morgan fingerprint density at radius 1 is 1.00 bits per heavy atom. The fourth-order valence-corrected chi connectivity index (χ4v) is 2.51. The molecule has 10 nitrogen and oxygen atoms in total. The zero-order valence-electron chi connectivity index (χ0n) is 15.9. The number of anilines is 2. The van der Waals surface area contributed by atoms with Gasteiger partial charge in [0.1, 0.15) is 6.04 Å². The number of carbonyl (C=O) groups is 3. The summed E-state index contributed by atoms with van der Waals surface area (Å²) in [7, 11) is 0. The summed E-state index contributed by atoms with van der Waals surface area (Å²) >= 11 is 0. The van der Waals surface area contributed by atoms with Crippen molar-refractivity contribution in [2.24, 2.45) is 0 Å². The van der Waals surface area contributed by atoms with Crippen molar-refractivity contribution in [2.45, 2.75) is 26.4 Å². The molecule has 2 amide bonds. The first kappa shape index (κ1) is 19.8. The second-order valence-corrected chi connectivity index (χ2v) is 6.24. The molecule has 150 valence electrons. The number of carboxylic acid groups (broad SMARTS) is 1. The molecule has 0 saturated heterocycles. The van der Waals surface area contributed by atoms with Crippen LogP contribution in [0.4, 0.5) is 11.4 Å². The molecule has 0 aliphatic carbocycles. The zero-order chi connectivity index (χ0) is 21.0. The van der Waals surface area contributed by atoms with Crippen molar-refractivity contribution in [2.75, 3.05) is 10.6 Å². The van der Waals surface area contributed by atoms with E-state index in [1.807, 2.05) is 6.92 Å². The molecule has 0 spiro atoms. The SMILES string of the molecule is CCn1ccc(C(=O)Nc2cccc(NC(=O)c3ccn(C(C)C(=O)O)n3)c2)n1. The fourth-order valence-electron chi connectivity index (χ4n) is 2.51. The Morgan fingerprint density at radius 2 is 1.59 bits per heavy atom. The Bertz CT molecular complexity index is 1050. The molecule has 2 aromatic heterocycles. The molecule has 1 aromatic carbocycles. The number of aliphatic carboxylic acids is 1. The summed E-state index contributed by atoms with van der Waals surface area (Å²) < 4.78 is 2.85. The number of aryl methyl sites for hydroxylation is 1. The van der Waals surface area contributed by atoms with Crippen LogP contribution in [0.3, 0.4) is 0 Å². The van der Waals surface area contributed by atoms with E-state index in [0.717, 1.165) is 0 Å². The van der Waals surface area contributed by atoms with Gasteiger partial charge in [0, 0.05) is 30.3 Å². The van der Waals surface area contributed by atoms with Crippen LogP contribution in [-0.2, 0) is 11.3 Å². The maximum Gasteiger partial charge on any atom is 0.328 e. The van der Waals surface area contributed by atoms with E-state index in [1.165, 1.54) is 23.9 Å². The van der Waals surface area contributed by atoms with E-state index >= 15 is 0 Å². The standard InChI is InChI=1S/C19H20N6O4/c1-3-24-9-7-15(22-24)17(26)20-13-5-4-6-14(11-13)21-18(27)16-8-10-25(23-16)12(2)19(28)29/h4-12H,3H2,1-2H3,(H,20,26)(H,21,27)(H,28,29). The summed E-state index contributed by atoms with van der Waals surface area (Å²) in [6.07, 6.45) is 3.15. The van der Waals surface area contributed by atoms with E-state index in [2.05, 4.69) is 20.8 Å². The topological polar surface area (TPSA) is 131 Å². The van der Waals surface area contributed by atoms with E-state index in [1.54, 1.807) is 41.2 Å². The first-order chi connectivity index (χ1) is 13.9. The van der Waals surface area contributed by atoms with Gasteiger partial charge in [0.2, 0.25) is 0 Å². The molecule has 1 atom stereocenters.